The molecule has 8 aromatic rings. The van der Waals surface area contributed by atoms with Crippen molar-refractivity contribution in [1.29, 1.82) is 0 Å². The van der Waals surface area contributed by atoms with Crippen molar-refractivity contribution >= 4 is 45.9 Å². The molecule has 0 atom stereocenters. The molecule has 1 aliphatic heterocycles. The van der Waals surface area contributed by atoms with Gasteiger partial charge in [-0.15, -0.1) is 21.9 Å². The molecule has 0 amide bonds. The smallest absolute Gasteiger partial charge is 0.348 e. The number of imidazole rings is 2. The van der Waals surface area contributed by atoms with Crippen molar-refractivity contribution in [2.75, 3.05) is 0 Å². The lowest BCUT2D eigenvalue weighted by Crippen LogP contribution is -3.07. The van der Waals surface area contributed by atoms with E-state index in [-0.39, 0.29) is 11.1 Å². The van der Waals surface area contributed by atoms with Crippen LogP contribution in [0.2, 0.25) is 0 Å². The zero-order chi connectivity index (χ0) is 41.0. The number of aromatic nitrogens is 4. The molecule has 0 bridgehead atoms. The third kappa shape index (κ3) is 7.28. The van der Waals surface area contributed by atoms with Gasteiger partial charge in [-0.3, -0.25) is 9.13 Å². The number of hydrogen-bond acceptors (Lipinski definition) is 0. The SMILES string of the molecule is CC(C)(C)n1cc[n+]2c1[B-](c1ccccc1)(c1ccccc1)[n+]1ccn(C(C)(C)C)c1[B-]2(c1ccccc1)c1ccccc1.Cc1ccccc1.Cc1ccccc1. The molecule has 0 N–H and O–H groups in total. The van der Waals surface area contributed by atoms with Crippen molar-refractivity contribution in [1.82, 2.24) is 9.13 Å². The van der Waals surface area contributed by atoms with Gasteiger partial charge in [-0.2, -0.15) is 0 Å². The summed E-state index contributed by atoms with van der Waals surface area (Å²) in [5.41, 5.74) is 10.1. The van der Waals surface area contributed by atoms with Gasteiger partial charge in [0.25, 0.3) is 0 Å². The van der Waals surface area contributed by atoms with Crippen LogP contribution in [0.1, 0.15) is 52.7 Å². The van der Waals surface area contributed by atoms with Crippen molar-refractivity contribution in [2.45, 2.75) is 66.5 Å². The Morgan fingerprint density at radius 2 is 0.569 bits per heavy atom. The topological polar surface area (TPSA) is 17.6 Å². The van der Waals surface area contributed by atoms with Gasteiger partial charge in [0.15, 0.2) is 0 Å². The highest BCUT2D eigenvalue weighted by Gasteiger charge is 2.60. The van der Waals surface area contributed by atoms with Crippen LogP contribution in [0.15, 0.2) is 207 Å². The minimum absolute atomic E-state index is 0.170. The van der Waals surface area contributed by atoms with E-state index in [9.17, 15) is 0 Å². The van der Waals surface area contributed by atoms with E-state index in [4.69, 9.17) is 0 Å². The molecule has 292 valence electrons. The molecule has 0 fully saturated rings. The predicted octanol–water partition coefficient (Wildman–Crippen LogP) is 6.71. The summed E-state index contributed by atoms with van der Waals surface area (Å²) < 4.78 is 10.4. The van der Waals surface area contributed by atoms with Crippen LogP contribution in [0.4, 0.5) is 0 Å². The first-order valence-electron chi connectivity index (χ1n) is 20.8. The van der Waals surface area contributed by atoms with E-state index in [1.165, 1.54) is 44.4 Å². The summed E-state index contributed by atoms with van der Waals surface area (Å²) in [5.74, 6) is 0. The summed E-state index contributed by atoms with van der Waals surface area (Å²) in [7, 11) is 0. The van der Waals surface area contributed by atoms with Crippen molar-refractivity contribution in [3.8, 4) is 0 Å². The molecule has 2 aromatic heterocycles. The van der Waals surface area contributed by atoms with Crippen molar-refractivity contribution in [3.05, 3.63) is 218 Å². The molecule has 0 radical (unpaired) electrons. The van der Waals surface area contributed by atoms with Gasteiger partial charge in [-0.05, 0) is 55.4 Å². The maximum absolute atomic E-state index is 2.67. The van der Waals surface area contributed by atoms with Gasteiger partial charge in [-0.25, -0.2) is 0 Å². The van der Waals surface area contributed by atoms with E-state index >= 15 is 0 Å². The molecule has 1 aliphatic rings. The Morgan fingerprint density at radius 3 is 0.759 bits per heavy atom. The van der Waals surface area contributed by atoms with Gasteiger partial charge in [0.05, 0.1) is 34.9 Å². The third-order valence-corrected chi connectivity index (χ3v) is 11.8. The Balaban J connectivity index is 0.000000308. The number of hydrogen-bond donors (Lipinski definition) is 0. The van der Waals surface area contributed by atoms with Gasteiger partial charge in [0.1, 0.15) is 12.4 Å². The quantitative estimate of drug-likeness (QED) is 0.178. The largest absolute Gasteiger partial charge is 0.446 e. The van der Waals surface area contributed by atoms with Crippen LogP contribution in [0, 0.1) is 13.8 Å². The summed E-state index contributed by atoms with van der Waals surface area (Å²) in [4.78, 5) is 0. The summed E-state index contributed by atoms with van der Waals surface area (Å²) in [6, 6.07) is 65.2. The van der Waals surface area contributed by atoms with E-state index in [2.05, 4.69) is 244 Å². The molecule has 6 aromatic carbocycles. The fourth-order valence-corrected chi connectivity index (χ4v) is 9.32. The minimum Gasteiger partial charge on any atom is -0.446 e. The van der Waals surface area contributed by atoms with Crippen LogP contribution in [0.25, 0.3) is 0 Å². The molecule has 0 aliphatic carbocycles. The first kappa shape index (κ1) is 40.1. The lowest BCUT2D eigenvalue weighted by Gasteiger charge is -2.52. The molecule has 4 nitrogen and oxygen atoms in total. The van der Waals surface area contributed by atoms with Gasteiger partial charge in [0, 0.05) is 0 Å². The lowest BCUT2D eigenvalue weighted by atomic mass is 9.18. The number of fused-ring (bicyclic) bond motifs is 2. The highest BCUT2D eigenvalue weighted by molar-refractivity contribution is 7.10. The molecule has 0 saturated carbocycles. The zero-order valence-electron chi connectivity index (χ0n) is 35.6. The normalized spacial score (nSPS) is 13.8. The van der Waals surface area contributed by atoms with Crippen LogP contribution < -0.4 is 42.3 Å². The second kappa shape index (κ2) is 16.4. The second-order valence-corrected chi connectivity index (χ2v) is 17.8. The minimum atomic E-state index is -1.69. The number of benzene rings is 6. The van der Waals surface area contributed by atoms with E-state index in [1.807, 2.05) is 36.4 Å². The molecule has 58 heavy (non-hydrogen) atoms. The van der Waals surface area contributed by atoms with E-state index in [0.717, 1.165) is 0 Å². The Labute approximate surface area is 347 Å². The van der Waals surface area contributed by atoms with Crippen LogP contribution in [0.3, 0.4) is 0 Å². The van der Waals surface area contributed by atoms with Gasteiger partial charge < -0.3 is 8.96 Å². The summed E-state index contributed by atoms with van der Waals surface area (Å²) in [6.45, 7) is 18.1. The second-order valence-electron chi connectivity index (χ2n) is 17.8. The summed E-state index contributed by atoms with van der Waals surface area (Å²) in [6.07, 6.45) is 6.01. The average molecular weight is 761 g/mol. The Bertz CT molecular complexity index is 2260. The summed E-state index contributed by atoms with van der Waals surface area (Å²) in [5, 5.41) is 0. The van der Waals surface area contributed by atoms with E-state index in [1.54, 1.807) is 0 Å². The monoisotopic (exact) mass is 760 g/mol. The maximum Gasteiger partial charge on any atom is 0.348 e. The van der Waals surface area contributed by atoms with Crippen molar-refractivity contribution in [3.63, 3.8) is 0 Å². The Kier molecular flexibility index (Phi) is 11.3. The predicted molar refractivity (Wildman–Crippen MR) is 247 cm³/mol. The average Bonchev–Trinajstić information content (AvgIpc) is 3.90. The number of nitrogens with zero attached hydrogens (tertiary/aromatic N) is 4. The van der Waals surface area contributed by atoms with Gasteiger partial charge >= 0.3 is 12.6 Å². The van der Waals surface area contributed by atoms with Crippen LogP contribution in [-0.2, 0) is 11.1 Å². The highest BCUT2D eigenvalue weighted by Crippen LogP contribution is 2.21. The van der Waals surface area contributed by atoms with E-state index in [0.29, 0.717) is 0 Å². The van der Waals surface area contributed by atoms with Crippen molar-refractivity contribution < 1.29 is 8.96 Å². The molecule has 0 unspecified atom stereocenters. The molecule has 3 heterocycles. The van der Waals surface area contributed by atoms with Crippen LogP contribution in [0.5, 0.6) is 0 Å². The zero-order valence-corrected chi connectivity index (χ0v) is 35.6. The number of rotatable bonds is 4. The standard InChI is InChI=1S/C38H42B2N4.2C7H8/c1-37(2,3)41-27-29-43-35(41)39(31-19-11-7-12-20-31,32-21-13-8-14-22-32)44-30-28-42(38(4,5)6)36(44)40(43,33-23-15-9-16-24-33)34-25-17-10-18-26-34;2*1-7-5-3-2-4-6-7/h7-30H,1-6H3;2*2-6H,1H3. The Morgan fingerprint density at radius 1 is 0.345 bits per heavy atom. The molecule has 9 rings (SSSR count). The molecular formula is C52H58B2N4. The Hall–Kier alpha value is -6.13. The van der Waals surface area contributed by atoms with Crippen LogP contribution >= 0.6 is 0 Å². The van der Waals surface area contributed by atoms with Gasteiger partial charge in [0.2, 0.25) is 0 Å². The highest BCUT2D eigenvalue weighted by atomic mass is 15.3. The van der Waals surface area contributed by atoms with Crippen molar-refractivity contribution in [2.24, 2.45) is 0 Å². The van der Waals surface area contributed by atoms with E-state index < -0.39 is 12.6 Å². The maximum atomic E-state index is 2.67. The first-order valence-corrected chi connectivity index (χ1v) is 20.8. The van der Waals surface area contributed by atoms with Crippen LogP contribution in [-0.4, -0.2) is 21.7 Å². The lowest BCUT2D eigenvalue weighted by molar-refractivity contribution is -0.577. The summed E-state index contributed by atoms with van der Waals surface area (Å²) >= 11 is 0. The molecule has 0 spiro atoms. The third-order valence-electron chi connectivity index (χ3n) is 11.8. The molecule has 0 saturated heterocycles. The number of aryl methyl sites for hydroxylation is 2. The molecule has 6 heteroatoms. The molecular weight excluding hydrogens is 702 g/mol. The first-order chi connectivity index (χ1) is 27.9. The fraction of sp³-hybridized carbons (Fsp3) is 0.192. The van der Waals surface area contributed by atoms with Gasteiger partial charge in [-0.1, -0.05) is 193 Å². The fourth-order valence-electron chi connectivity index (χ4n) is 9.32.